The molecule has 1 aromatic rings. The lowest BCUT2D eigenvalue weighted by Crippen LogP contribution is -2.17. The van der Waals surface area contributed by atoms with Gasteiger partial charge in [0, 0.05) is 19.1 Å². The zero-order chi connectivity index (χ0) is 12.8. The minimum absolute atomic E-state index is 0.722. The van der Waals surface area contributed by atoms with E-state index in [1.807, 2.05) is 6.07 Å². The van der Waals surface area contributed by atoms with Gasteiger partial charge in [0.05, 0.1) is 5.69 Å². The lowest BCUT2D eigenvalue weighted by Gasteiger charge is -2.13. The Labute approximate surface area is 110 Å². The lowest BCUT2D eigenvalue weighted by atomic mass is 10.0. The number of hydrogen-bond donors (Lipinski definition) is 2. The van der Waals surface area contributed by atoms with Gasteiger partial charge in [-0.2, -0.15) is 5.10 Å². The Morgan fingerprint density at radius 3 is 2.56 bits per heavy atom. The number of rotatable bonds is 8. The predicted octanol–water partition coefficient (Wildman–Crippen LogP) is 2.58. The van der Waals surface area contributed by atoms with Crippen molar-refractivity contribution < 1.29 is 0 Å². The molecule has 1 saturated carbocycles. The Bertz CT molecular complexity index is 341. The van der Waals surface area contributed by atoms with Crippen LogP contribution in [0.15, 0.2) is 12.1 Å². The van der Waals surface area contributed by atoms with E-state index >= 15 is 0 Å². The molecule has 0 aliphatic heterocycles. The fourth-order valence-electron chi connectivity index (χ4n) is 1.91. The molecule has 0 radical (unpaired) electrons. The third kappa shape index (κ3) is 4.26. The maximum Gasteiger partial charge on any atom is 0.148 e. The summed E-state index contributed by atoms with van der Waals surface area (Å²) in [5, 5.41) is 15.2. The van der Waals surface area contributed by atoms with Crippen LogP contribution in [0.3, 0.4) is 0 Å². The van der Waals surface area contributed by atoms with Crippen LogP contribution in [0.4, 0.5) is 5.82 Å². The lowest BCUT2D eigenvalue weighted by molar-refractivity contribution is 0.518. The molecule has 1 aromatic heterocycles. The van der Waals surface area contributed by atoms with Gasteiger partial charge in [0.15, 0.2) is 0 Å². The van der Waals surface area contributed by atoms with Gasteiger partial charge < -0.3 is 10.6 Å². The van der Waals surface area contributed by atoms with Crippen molar-refractivity contribution in [3.63, 3.8) is 0 Å². The highest BCUT2D eigenvalue weighted by atomic mass is 15.2. The molecule has 0 spiro atoms. The maximum atomic E-state index is 4.23. The molecule has 0 aromatic carbocycles. The van der Waals surface area contributed by atoms with E-state index < -0.39 is 0 Å². The van der Waals surface area contributed by atoms with Crippen LogP contribution in [0.1, 0.15) is 45.2 Å². The summed E-state index contributed by atoms with van der Waals surface area (Å²) < 4.78 is 0. The molecule has 1 aliphatic carbocycles. The van der Waals surface area contributed by atoms with E-state index in [1.165, 1.54) is 25.7 Å². The monoisotopic (exact) mass is 248 g/mol. The van der Waals surface area contributed by atoms with Gasteiger partial charge in [-0.05, 0) is 30.9 Å². The second-order valence-electron chi connectivity index (χ2n) is 5.13. The third-order valence-corrected chi connectivity index (χ3v) is 3.60. The molecule has 1 heterocycles. The Hall–Kier alpha value is -1.16. The van der Waals surface area contributed by atoms with Gasteiger partial charge in [0.25, 0.3) is 0 Å². The fraction of sp³-hybridized carbons (Fsp3) is 0.714. The number of hydrogen-bond acceptors (Lipinski definition) is 4. The van der Waals surface area contributed by atoms with Crippen LogP contribution in [0, 0.1) is 5.92 Å². The van der Waals surface area contributed by atoms with Crippen molar-refractivity contribution in [2.75, 3.05) is 11.9 Å². The van der Waals surface area contributed by atoms with Gasteiger partial charge in [-0.3, -0.25) is 0 Å². The normalized spacial score (nSPS) is 15.1. The minimum atomic E-state index is 0.722. The molecule has 4 nitrogen and oxygen atoms in total. The van der Waals surface area contributed by atoms with Crippen LogP contribution in [0.5, 0.6) is 0 Å². The highest BCUT2D eigenvalue weighted by molar-refractivity contribution is 5.32. The van der Waals surface area contributed by atoms with E-state index in [9.17, 15) is 0 Å². The van der Waals surface area contributed by atoms with Gasteiger partial charge in [0.1, 0.15) is 5.82 Å². The summed E-state index contributed by atoms with van der Waals surface area (Å²) in [6, 6.07) is 4.80. The van der Waals surface area contributed by atoms with Gasteiger partial charge in [-0.1, -0.05) is 26.7 Å². The van der Waals surface area contributed by atoms with Crippen molar-refractivity contribution >= 4 is 5.82 Å². The number of nitrogens with zero attached hydrogens (tertiary/aromatic N) is 2. The van der Waals surface area contributed by atoms with Crippen LogP contribution in [-0.2, 0) is 6.54 Å². The van der Waals surface area contributed by atoms with E-state index in [2.05, 4.69) is 40.7 Å². The van der Waals surface area contributed by atoms with Crippen LogP contribution in [0.2, 0.25) is 0 Å². The average Bonchev–Trinajstić information content (AvgIpc) is 3.23. The molecule has 2 N–H and O–H groups in total. The first kappa shape index (κ1) is 13.3. The third-order valence-electron chi connectivity index (χ3n) is 3.60. The van der Waals surface area contributed by atoms with Crippen molar-refractivity contribution in [1.82, 2.24) is 15.5 Å². The van der Waals surface area contributed by atoms with Crippen LogP contribution < -0.4 is 10.6 Å². The Morgan fingerprint density at radius 1 is 1.22 bits per heavy atom. The van der Waals surface area contributed by atoms with Crippen LogP contribution in [-0.4, -0.2) is 22.8 Å². The smallest absolute Gasteiger partial charge is 0.148 e. The molecule has 0 amide bonds. The molecule has 1 aliphatic rings. The average molecular weight is 248 g/mol. The molecule has 100 valence electrons. The standard InChI is InChI=1S/C14H24N4/c1-3-11(4-2)9-16-14-8-7-13(17-18-14)10-15-12-5-6-12/h7-8,11-12,15H,3-6,9-10H2,1-2H3,(H,16,18). The van der Waals surface area contributed by atoms with Gasteiger partial charge in [-0.15, -0.1) is 5.10 Å². The predicted molar refractivity (Wildman–Crippen MR) is 74.5 cm³/mol. The largest absolute Gasteiger partial charge is 0.368 e. The van der Waals surface area contributed by atoms with E-state index in [4.69, 9.17) is 0 Å². The van der Waals surface area contributed by atoms with Gasteiger partial charge >= 0.3 is 0 Å². The summed E-state index contributed by atoms with van der Waals surface area (Å²) in [5.41, 5.74) is 1.02. The maximum absolute atomic E-state index is 4.23. The molecule has 4 heteroatoms. The van der Waals surface area contributed by atoms with Crippen molar-refractivity contribution in [1.29, 1.82) is 0 Å². The van der Waals surface area contributed by atoms with Gasteiger partial charge in [0.2, 0.25) is 0 Å². The molecule has 0 unspecified atom stereocenters. The molecular formula is C14H24N4. The molecule has 0 bridgehead atoms. The quantitative estimate of drug-likeness (QED) is 0.742. The zero-order valence-electron chi connectivity index (χ0n) is 11.4. The van der Waals surface area contributed by atoms with E-state index in [1.54, 1.807) is 0 Å². The fourth-order valence-corrected chi connectivity index (χ4v) is 1.91. The molecule has 18 heavy (non-hydrogen) atoms. The summed E-state index contributed by atoms with van der Waals surface area (Å²) in [7, 11) is 0. The van der Waals surface area contributed by atoms with Crippen molar-refractivity contribution in [3.05, 3.63) is 17.8 Å². The van der Waals surface area contributed by atoms with Crippen molar-refractivity contribution in [2.24, 2.45) is 5.92 Å². The van der Waals surface area contributed by atoms with Gasteiger partial charge in [-0.25, -0.2) is 0 Å². The first-order valence-electron chi connectivity index (χ1n) is 7.11. The van der Waals surface area contributed by atoms with E-state index in [0.717, 1.165) is 36.6 Å². The minimum Gasteiger partial charge on any atom is -0.368 e. The number of anilines is 1. The highest BCUT2D eigenvalue weighted by Gasteiger charge is 2.20. The summed E-state index contributed by atoms with van der Waals surface area (Å²) in [6.45, 7) is 6.29. The topological polar surface area (TPSA) is 49.8 Å². The number of aromatic nitrogens is 2. The molecular weight excluding hydrogens is 224 g/mol. The molecule has 0 saturated heterocycles. The molecule has 0 atom stereocenters. The van der Waals surface area contributed by atoms with E-state index in [-0.39, 0.29) is 0 Å². The van der Waals surface area contributed by atoms with Crippen molar-refractivity contribution in [2.45, 2.75) is 52.1 Å². The van der Waals surface area contributed by atoms with Crippen LogP contribution >= 0.6 is 0 Å². The number of nitrogens with one attached hydrogen (secondary N) is 2. The first-order chi connectivity index (χ1) is 8.81. The summed E-state index contributed by atoms with van der Waals surface area (Å²) in [5.74, 6) is 1.61. The molecule has 1 fully saturated rings. The second-order valence-corrected chi connectivity index (χ2v) is 5.13. The Morgan fingerprint density at radius 2 is 2.00 bits per heavy atom. The SMILES string of the molecule is CCC(CC)CNc1ccc(CNC2CC2)nn1. The first-order valence-corrected chi connectivity index (χ1v) is 7.11. The Kier molecular flexibility index (Phi) is 4.93. The summed E-state index contributed by atoms with van der Waals surface area (Å²) >= 11 is 0. The highest BCUT2D eigenvalue weighted by Crippen LogP contribution is 2.19. The Balaban J connectivity index is 1.75. The van der Waals surface area contributed by atoms with Crippen LogP contribution in [0.25, 0.3) is 0 Å². The zero-order valence-corrected chi connectivity index (χ0v) is 11.4. The second kappa shape index (κ2) is 6.69. The summed E-state index contributed by atoms with van der Waals surface area (Å²) in [4.78, 5) is 0. The van der Waals surface area contributed by atoms with Crippen molar-refractivity contribution in [3.8, 4) is 0 Å². The summed E-state index contributed by atoms with van der Waals surface area (Å²) in [6.07, 6.45) is 5.03. The van der Waals surface area contributed by atoms with E-state index in [0.29, 0.717) is 0 Å². The molecule has 2 rings (SSSR count).